The molecule has 0 aliphatic rings. The molecule has 0 bridgehead atoms. The number of nitrogens with one attached hydrogen (secondary N) is 2. The topological polar surface area (TPSA) is 186 Å². The number of hydrogen-bond donors (Lipinski definition) is 7. The Morgan fingerprint density at radius 2 is 1.14 bits per heavy atom. The third kappa shape index (κ3) is 5.50. The monoisotopic (exact) mass is 484 g/mol. The molecule has 2 heterocycles. The van der Waals surface area contributed by atoms with E-state index < -0.39 is 48.4 Å². The number of aliphatic hydroxyl groups excluding tert-OH is 5. The number of rotatable bonds is 9. The van der Waals surface area contributed by atoms with Crippen molar-refractivity contribution in [2.24, 2.45) is 0 Å². The van der Waals surface area contributed by atoms with Crippen molar-refractivity contribution in [3.63, 3.8) is 0 Å². The van der Waals surface area contributed by atoms with Crippen LogP contribution in [-0.2, 0) is 0 Å². The molecule has 4 atom stereocenters. The van der Waals surface area contributed by atoms with Gasteiger partial charge in [-0.05, 0) is 48.5 Å². The first-order valence-electron chi connectivity index (χ1n) is 10.7. The van der Waals surface area contributed by atoms with E-state index in [1.165, 1.54) is 12.1 Å². The minimum absolute atomic E-state index is 0.352. The molecule has 35 heavy (non-hydrogen) atoms. The summed E-state index contributed by atoms with van der Waals surface area (Å²) in [6.45, 7) is -0.817. The predicted octanol–water partition coefficient (Wildman–Crippen LogP) is 0.185. The molecule has 2 aromatic heterocycles. The van der Waals surface area contributed by atoms with Crippen molar-refractivity contribution < 1.29 is 34.4 Å². The average molecular weight is 484 g/mol. The molecule has 0 saturated carbocycles. The molecule has 2 aromatic carbocycles. The Bertz CT molecular complexity index is 1340. The van der Waals surface area contributed by atoms with Crippen LogP contribution in [0.15, 0.2) is 79.1 Å². The zero-order valence-corrected chi connectivity index (χ0v) is 18.2. The molecule has 0 radical (unpaired) electrons. The first-order valence-corrected chi connectivity index (χ1v) is 10.7. The number of aliphatic hydroxyl groups is 5. The number of fused-ring (bicyclic) bond motifs is 2. The van der Waals surface area contributed by atoms with Crippen LogP contribution in [0.1, 0.15) is 0 Å². The molecule has 0 amide bonds. The normalized spacial score (nSPS) is 15.1. The molecular weight excluding hydrogens is 460 g/mol. The van der Waals surface area contributed by atoms with Crippen LogP contribution in [-0.4, -0.2) is 62.7 Å². The van der Waals surface area contributed by atoms with E-state index in [0.29, 0.717) is 33.3 Å². The molecule has 4 unspecified atom stereocenters. The van der Waals surface area contributed by atoms with Crippen LogP contribution < -0.4 is 21.9 Å². The zero-order chi connectivity index (χ0) is 25.1. The van der Waals surface area contributed by atoms with Crippen molar-refractivity contribution in [1.82, 2.24) is 0 Å². The summed E-state index contributed by atoms with van der Waals surface area (Å²) >= 11 is 0. The second-order valence-electron chi connectivity index (χ2n) is 8.00. The summed E-state index contributed by atoms with van der Waals surface area (Å²) < 4.78 is 10.2. The van der Waals surface area contributed by atoms with Crippen LogP contribution in [0, 0.1) is 0 Å². The molecule has 4 aromatic rings. The van der Waals surface area contributed by atoms with Crippen LogP contribution in [0.5, 0.6) is 0 Å². The second kappa shape index (κ2) is 10.3. The number of anilines is 2. The quantitative estimate of drug-likeness (QED) is 0.127. The summed E-state index contributed by atoms with van der Waals surface area (Å²) in [7, 11) is 0. The summed E-state index contributed by atoms with van der Waals surface area (Å²) in [5.74, 6) is 0. The molecule has 0 aliphatic heterocycles. The van der Waals surface area contributed by atoms with Gasteiger partial charge in [-0.3, -0.25) is 0 Å². The first kappa shape index (κ1) is 24.4. The van der Waals surface area contributed by atoms with Crippen LogP contribution in [0.25, 0.3) is 21.9 Å². The zero-order valence-electron chi connectivity index (χ0n) is 18.2. The fourth-order valence-electron chi connectivity index (χ4n) is 3.62. The molecule has 11 heteroatoms. The lowest BCUT2D eigenvalue weighted by atomic mass is 10.0. The van der Waals surface area contributed by atoms with Crippen molar-refractivity contribution in [3.05, 3.63) is 81.5 Å². The number of hydrogen-bond acceptors (Lipinski definition) is 11. The van der Waals surface area contributed by atoms with Gasteiger partial charge in [0.25, 0.3) is 0 Å². The Balaban J connectivity index is 1.65. The van der Waals surface area contributed by atoms with E-state index in [0.717, 1.165) is 0 Å². The maximum Gasteiger partial charge on any atom is 0.336 e. The van der Waals surface area contributed by atoms with Crippen molar-refractivity contribution in [2.75, 3.05) is 17.2 Å². The SMILES string of the molecule is O=c1ccc2cc(NC(Nc3ccc4oc(=O)ccc4c3)C(O)C(O)C(O)C(O)CO)ccc2o1. The molecule has 0 saturated heterocycles. The van der Waals surface area contributed by atoms with Crippen LogP contribution >= 0.6 is 0 Å². The Labute approximate surface area is 197 Å². The lowest BCUT2D eigenvalue weighted by Gasteiger charge is -2.33. The fraction of sp³-hybridized carbons (Fsp3) is 0.250. The van der Waals surface area contributed by atoms with Crippen molar-refractivity contribution in [3.8, 4) is 0 Å². The second-order valence-corrected chi connectivity index (χ2v) is 8.00. The third-order valence-electron chi connectivity index (χ3n) is 5.51. The van der Waals surface area contributed by atoms with Crippen molar-refractivity contribution in [2.45, 2.75) is 30.6 Å². The van der Waals surface area contributed by atoms with E-state index in [2.05, 4.69) is 10.6 Å². The first-order chi connectivity index (χ1) is 16.7. The molecule has 4 rings (SSSR count). The Morgan fingerprint density at radius 3 is 1.60 bits per heavy atom. The maximum atomic E-state index is 11.4. The van der Waals surface area contributed by atoms with Crippen LogP contribution in [0.3, 0.4) is 0 Å². The van der Waals surface area contributed by atoms with Gasteiger partial charge < -0.3 is 45.0 Å². The summed E-state index contributed by atoms with van der Waals surface area (Å²) in [4.78, 5) is 22.9. The van der Waals surface area contributed by atoms with E-state index >= 15 is 0 Å². The molecule has 7 N–H and O–H groups in total. The van der Waals surface area contributed by atoms with E-state index in [9.17, 15) is 30.0 Å². The molecule has 11 nitrogen and oxygen atoms in total. The summed E-state index contributed by atoms with van der Waals surface area (Å²) in [6.07, 6.45) is -8.16. The van der Waals surface area contributed by atoms with Gasteiger partial charge in [0, 0.05) is 34.3 Å². The third-order valence-corrected chi connectivity index (χ3v) is 5.51. The molecular formula is C24H24N2O9. The largest absolute Gasteiger partial charge is 0.423 e. The van der Waals surface area contributed by atoms with Gasteiger partial charge in [-0.2, -0.15) is 0 Å². The van der Waals surface area contributed by atoms with E-state index in [1.807, 2.05) is 0 Å². The Kier molecular flexibility index (Phi) is 7.15. The van der Waals surface area contributed by atoms with Gasteiger partial charge in [0.2, 0.25) is 0 Å². The Morgan fingerprint density at radius 1 is 0.657 bits per heavy atom. The van der Waals surface area contributed by atoms with E-state index in [-0.39, 0.29) is 0 Å². The lowest BCUT2D eigenvalue weighted by Crippen LogP contribution is -2.54. The van der Waals surface area contributed by atoms with Gasteiger partial charge in [-0.25, -0.2) is 9.59 Å². The standard InChI is InChI=1S/C24H24N2O9/c27-11-16(28)21(31)22(32)23(33)24(25-14-3-5-17-12(9-14)1-7-19(29)34-17)26-15-4-6-18-13(10-15)2-8-20(30)35-18/h1-10,16,21-28,31-33H,11H2. The highest BCUT2D eigenvalue weighted by Gasteiger charge is 2.35. The highest BCUT2D eigenvalue weighted by Crippen LogP contribution is 2.23. The minimum atomic E-state index is -1.85. The van der Waals surface area contributed by atoms with Crippen LogP contribution in [0.4, 0.5) is 11.4 Å². The van der Waals surface area contributed by atoms with Gasteiger partial charge in [-0.1, -0.05) is 0 Å². The predicted molar refractivity (Wildman–Crippen MR) is 127 cm³/mol. The highest BCUT2D eigenvalue weighted by molar-refractivity contribution is 5.82. The summed E-state index contributed by atoms with van der Waals surface area (Å²) in [5, 5.41) is 57.5. The highest BCUT2D eigenvalue weighted by atomic mass is 16.4. The van der Waals surface area contributed by atoms with E-state index in [4.69, 9.17) is 13.9 Å². The summed E-state index contributed by atoms with van der Waals surface area (Å²) in [5.41, 5.74) is 0.647. The van der Waals surface area contributed by atoms with Crippen molar-refractivity contribution >= 4 is 33.3 Å². The van der Waals surface area contributed by atoms with Crippen LogP contribution in [0.2, 0.25) is 0 Å². The van der Waals surface area contributed by atoms with Gasteiger partial charge in [-0.15, -0.1) is 0 Å². The molecule has 0 aliphatic carbocycles. The Hall–Kier alpha value is -3.74. The maximum absolute atomic E-state index is 11.4. The van der Waals surface area contributed by atoms with Gasteiger partial charge in [0.05, 0.1) is 6.61 Å². The lowest BCUT2D eigenvalue weighted by molar-refractivity contribution is -0.116. The number of benzene rings is 2. The average Bonchev–Trinajstić information content (AvgIpc) is 2.86. The van der Waals surface area contributed by atoms with Gasteiger partial charge in [0.1, 0.15) is 41.7 Å². The molecule has 184 valence electrons. The summed E-state index contributed by atoms with van der Waals surface area (Å²) in [6, 6.07) is 15.3. The fourth-order valence-corrected chi connectivity index (χ4v) is 3.62. The van der Waals surface area contributed by atoms with Crippen molar-refractivity contribution in [1.29, 1.82) is 0 Å². The van der Waals surface area contributed by atoms with Gasteiger partial charge >= 0.3 is 11.3 Å². The molecule has 0 spiro atoms. The minimum Gasteiger partial charge on any atom is -0.423 e. The molecule has 0 fully saturated rings. The smallest absolute Gasteiger partial charge is 0.336 e. The van der Waals surface area contributed by atoms with Gasteiger partial charge in [0.15, 0.2) is 0 Å². The van der Waals surface area contributed by atoms with E-state index in [1.54, 1.807) is 48.5 Å².